The number of thiazole rings is 1. The van der Waals surface area contributed by atoms with E-state index in [4.69, 9.17) is 14.2 Å². The van der Waals surface area contributed by atoms with Gasteiger partial charge >= 0.3 is 0 Å². The maximum atomic E-state index is 12.7. The predicted octanol–water partition coefficient (Wildman–Crippen LogP) is 2.46. The van der Waals surface area contributed by atoms with Crippen molar-refractivity contribution >= 4 is 28.3 Å². The number of morpholine rings is 1. The molecule has 0 aromatic carbocycles. The number of carbonyl (C=O) groups excluding carboxylic acids is 1. The number of nitrogens with one attached hydrogen (secondary N) is 1. The fourth-order valence-electron chi connectivity index (χ4n) is 4.52. The van der Waals surface area contributed by atoms with Crippen molar-refractivity contribution in [1.29, 1.82) is 0 Å². The number of aromatic nitrogens is 3. The predicted molar refractivity (Wildman–Crippen MR) is 107 cm³/mol. The Morgan fingerprint density at radius 3 is 2.62 bits per heavy atom. The monoisotopic (exact) mass is 417 g/mol. The minimum absolute atomic E-state index is 0.0294. The maximum absolute atomic E-state index is 12.7. The van der Waals surface area contributed by atoms with Crippen molar-refractivity contribution in [3.8, 4) is 10.8 Å². The van der Waals surface area contributed by atoms with Crippen molar-refractivity contribution in [2.45, 2.75) is 31.3 Å². The van der Waals surface area contributed by atoms with Gasteiger partial charge in [-0.2, -0.15) is 0 Å². The molecule has 2 aromatic rings. The number of fused-ring (bicyclic) bond motifs is 1. The second-order valence-corrected chi connectivity index (χ2v) is 8.87. The van der Waals surface area contributed by atoms with E-state index in [1.165, 1.54) is 11.3 Å². The highest BCUT2D eigenvalue weighted by atomic mass is 32.1. The number of rotatable bonds is 6. The number of hydrogen-bond donors (Lipinski definition) is 1. The zero-order valence-corrected chi connectivity index (χ0v) is 17.0. The van der Waals surface area contributed by atoms with Crippen LogP contribution in [0.25, 0.3) is 0 Å². The quantitative estimate of drug-likeness (QED) is 0.765. The Hall–Kier alpha value is -2.30. The average molecular weight is 417 g/mol. The molecule has 10 heteroatoms. The average Bonchev–Trinajstić information content (AvgIpc) is 3.43. The summed E-state index contributed by atoms with van der Waals surface area (Å²) in [5.41, 5.74) is -0.381. The topological polar surface area (TPSA) is 98.7 Å². The van der Waals surface area contributed by atoms with Gasteiger partial charge in [0.15, 0.2) is 10.9 Å². The molecule has 9 nitrogen and oxygen atoms in total. The molecule has 154 valence electrons. The molecule has 0 radical (unpaired) electrons. The van der Waals surface area contributed by atoms with Gasteiger partial charge in [-0.05, 0) is 25.7 Å². The molecule has 1 amide bonds. The zero-order valence-electron chi connectivity index (χ0n) is 16.2. The van der Waals surface area contributed by atoms with Crippen molar-refractivity contribution < 1.29 is 19.0 Å². The Labute approximate surface area is 172 Å². The molecule has 0 unspecified atom stereocenters. The van der Waals surface area contributed by atoms with Crippen molar-refractivity contribution in [2.24, 2.45) is 5.41 Å². The molecule has 3 aliphatic carbocycles. The molecule has 1 saturated heterocycles. The maximum Gasteiger partial charge on any atom is 0.232 e. The lowest BCUT2D eigenvalue weighted by Gasteiger charge is -2.44. The largest absolute Gasteiger partial charge is 0.442 e. The third-order valence-electron chi connectivity index (χ3n) is 6.13. The van der Waals surface area contributed by atoms with Crippen LogP contribution in [0.5, 0.6) is 10.8 Å². The van der Waals surface area contributed by atoms with E-state index < -0.39 is 0 Å². The molecule has 29 heavy (non-hydrogen) atoms. The second-order valence-electron chi connectivity index (χ2n) is 7.88. The Morgan fingerprint density at radius 2 is 1.93 bits per heavy atom. The number of anilines is 2. The van der Waals surface area contributed by atoms with Crippen molar-refractivity contribution in [1.82, 2.24) is 15.0 Å². The summed E-state index contributed by atoms with van der Waals surface area (Å²) in [4.78, 5) is 27.8. The SMILES string of the molecule is COC12CCC(C(=O)Nc3ncc(Oc4cnc(N5CCOCC5)nc4)s3)(C1)C2. The van der Waals surface area contributed by atoms with Crippen molar-refractivity contribution in [3.05, 3.63) is 18.6 Å². The van der Waals surface area contributed by atoms with Gasteiger partial charge in [-0.25, -0.2) is 15.0 Å². The van der Waals surface area contributed by atoms with E-state index in [-0.39, 0.29) is 16.9 Å². The molecule has 3 heterocycles. The molecule has 2 aromatic heterocycles. The van der Waals surface area contributed by atoms with Crippen LogP contribution in [0.1, 0.15) is 25.7 Å². The van der Waals surface area contributed by atoms with E-state index in [2.05, 4.69) is 25.2 Å². The van der Waals surface area contributed by atoms with Gasteiger partial charge in [-0.15, -0.1) is 0 Å². The molecule has 1 aliphatic heterocycles. The van der Waals surface area contributed by atoms with Crippen LogP contribution in [0.15, 0.2) is 18.6 Å². The van der Waals surface area contributed by atoms with Crippen molar-refractivity contribution in [3.63, 3.8) is 0 Å². The van der Waals surface area contributed by atoms with Crippen LogP contribution in [-0.4, -0.2) is 59.9 Å². The Kier molecular flexibility index (Phi) is 4.64. The number of carbonyl (C=O) groups is 1. The van der Waals surface area contributed by atoms with Crippen LogP contribution in [0.2, 0.25) is 0 Å². The summed E-state index contributed by atoms with van der Waals surface area (Å²) in [6, 6.07) is 0. The van der Waals surface area contributed by atoms with Crippen LogP contribution in [0.3, 0.4) is 0 Å². The van der Waals surface area contributed by atoms with Crippen molar-refractivity contribution in [2.75, 3.05) is 43.6 Å². The Morgan fingerprint density at radius 1 is 1.17 bits per heavy atom. The van der Waals surface area contributed by atoms with E-state index >= 15 is 0 Å². The van der Waals surface area contributed by atoms with Crippen LogP contribution in [0, 0.1) is 5.41 Å². The summed E-state index contributed by atoms with van der Waals surface area (Å²) in [6.45, 7) is 2.94. The summed E-state index contributed by atoms with van der Waals surface area (Å²) in [7, 11) is 1.73. The molecule has 6 rings (SSSR count). The third kappa shape index (κ3) is 3.45. The number of ether oxygens (including phenoxy) is 3. The minimum atomic E-state index is -0.300. The number of methoxy groups -OCH3 is 1. The molecular formula is C19H23N5O4S. The Balaban J connectivity index is 1.18. The first-order valence-corrected chi connectivity index (χ1v) is 10.6. The van der Waals surface area contributed by atoms with Gasteiger partial charge in [-0.3, -0.25) is 4.79 Å². The summed E-state index contributed by atoms with van der Waals surface area (Å²) in [5, 5.41) is 4.06. The van der Waals surface area contributed by atoms with Gasteiger partial charge in [0.1, 0.15) is 0 Å². The van der Waals surface area contributed by atoms with E-state index in [9.17, 15) is 4.79 Å². The lowest BCUT2D eigenvalue weighted by Crippen LogP contribution is -2.50. The molecular weight excluding hydrogens is 394 g/mol. The van der Waals surface area contributed by atoms with Gasteiger partial charge < -0.3 is 24.4 Å². The first-order chi connectivity index (χ1) is 14.1. The molecule has 0 spiro atoms. The van der Waals surface area contributed by atoms with Crippen LogP contribution in [0.4, 0.5) is 11.1 Å². The van der Waals surface area contributed by atoms with Gasteiger partial charge in [-0.1, -0.05) is 11.3 Å². The van der Waals surface area contributed by atoms with E-state index in [0.29, 0.717) is 35.1 Å². The van der Waals surface area contributed by atoms with E-state index in [1.54, 1.807) is 25.7 Å². The zero-order chi connectivity index (χ0) is 19.9. The minimum Gasteiger partial charge on any atom is -0.442 e. The normalized spacial score (nSPS) is 28.1. The lowest BCUT2D eigenvalue weighted by atomic mass is 9.66. The summed E-state index contributed by atoms with van der Waals surface area (Å²) < 4.78 is 16.7. The molecule has 3 saturated carbocycles. The van der Waals surface area contributed by atoms with Gasteiger partial charge in [0.05, 0.1) is 42.8 Å². The first-order valence-electron chi connectivity index (χ1n) is 9.75. The van der Waals surface area contributed by atoms with E-state index in [0.717, 1.165) is 38.8 Å². The molecule has 2 bridgehead atoms. The highest BCUT2D eigenvalue weighted by Gasteiger charge is 2.65. The number of nitrogens with zero attached hydrogens (tertiary/aromatic N) is 4. The fourth-order valence-corrected chi connectivity index (χ4v) is 5.20. The standard InChI is InChI=1S/C19H23N5O4S/c1-26-19-3-2-18(11-19,12-19)15(25)23-17-22-10-14(29-17)28-13-8-20-16(21-9-13)24-4-6-27-7-5-24/h8-10H,2-7,11-12H2,1H3,(H,22,23,25). The van der Waals surface area contributed by atoms with Crippen LogP contribution in [-0.2, 0) is 14.3 Å². The summed E-state index contributed by atoms with van der Waals surface area (Å²) >= 11 is 1.29. The first kappa shape index (κ1) is 18.7. The van der Waals surface area contributed by atoms with Crippen LogP contribution >= 0.6 is 11.3 Å². The molecule has 0 atom stereocenters. The van der Waals surface area contributed by atoms with Gasteiger partial charge in [0, 0.05) is 20.2 Å². The highest BCUT2D eigenvalue weighted by molar-refractivity contribution is 7.17. The lowest BCUT2D eigenvalue weighted by molar-refractivity contribution is -0.144. The summed E-state index contributed by atoms with van der Waals surface area (Å²) in [5.74, 6) is 1.23. The molecule has 4 aliphatic rings. The van der Waals surface area contributed by atoms with Gasteiger partial charge in [0.2, 0.25) is 16.9 Å². The third-order valence-corrected chi connectivity index (χ3v) is 6.92. The fraction of sp³-hybridized carbons (Fsp3) is 0.579. The van der Waals surface area contributed by atoms with Gasteiger partial charge in [0.25, 0.3) is 0 Å². The summed E-state index contributed by atoms with van der Waals surface area (Å²) in [6.07, 6.45) is 8.30. The highest BCUT2D eigenvalue weighted by Crippen LogP contribution is 2.63. The molecule has 4 fully saturated rings. The van der Waals surface area contributed by atoms with E-state index in [1.807, 2.05) is 0 Å². The molecule has 1 N–H and O–H groups in total. The Bertz CT molecular complexity index is 890. The van der Waals surface area contributed by atoms with Crippen LogP contribution < -0.4 is 15.0 Å². The smallest absolute Gasteiger partial charge is 0.232 e. The number of amides is 1. The number of hydrogen-bond acceptors (Lipinski definition) is 9. The second kappa shape index (κ2) is 7.19.